The molecule has 1 heterocycles. The van der Waals surface area contributed by atoms with Gasteiger partial charge in [-0.2, -0.15) is 0 Å². The van der Waals surface area contributed by atoms with Gasteiger partial charge in [-0.05, 0) is 32.7 Å². The average Bonchev–Trinajstić information content (AvgIpc) is 2.38. The van der Waals surface area contributed by atoms with Crippen molar-refractivity contribution in [1.29, 1.82) is 0 Å². The topological polar surface area (TPSA) is 49.9 Å². The number of methoxy groups -OCH3 is 1. The molecule has 0 aromatic carbocycles. The van der Waals surface area contributed by atoms with E-state index in [2.05, 4.69) is 11.7 Å². The van der Waals surface area contributed by atoms with Gasteiger partial charge in [-0.3, -0.25) is 14.5 Å². The molecule has 0 bridgehead atoms. The minimum atomic E-state index is -0.295. The molecular weight excluding hydrogens is 232 g/mol. The zero-order chi connectivity index (χ0) is 13.5. The zero-order valence-electron chi connectivity index (χ0n) is 11.6. The lowest BCUT2D eigenvalue weighted by Gasteiger charge is -2.34. The normalized spacial score (nSPS) is 20.0. The second-order valence-electron chi connectivity index (χ2n) is 4.81. The maximum absolute atomic E-state index is 12.2. The van der Waals surface area contributed by atoms with Crippen LogP contribution in [0, 0.1) is 0 Å². The molecule has 1 saturated heterocycles. The highest BCUT2D eigenvalue weighted by atomic mass is 16.5. The Bertz CT molecular complexity index is 294. The summed E-state index contributed by atoms with van der Waals surface area (Å²) >= 11 is 0. The Morgan fingerprint density at radius 3 is 2.61 bits per heavy atom. The zero-order valence-corrected chi connectivity index (χ0v) is 11.6. The smallest absolute Gasteiger partial charge is 0.319 e. The summed E-state index contributed by atoms with van der Waals surface area (Å²) in [6, 6.07) is 0.322. The third-order valence-corrected chi connectivity index (χ3v) is 3.51. The third-order valence-electron chi connectivity index (χ3n) is 3.51. The first-order valence-electron chi connectivity index (χ1n) is 6.67. The molecule has 1 rings (SSSR count). The van der Waals surface area contributed by atoms with Gasteiger partial charge in [-0.25, -0.2) is 0 Å². The Hall–Kier alpha value is -1.10. The summed E-state index contributed by atoms with van der Waals surface area (Å²) in [6.07, 6.45) is 3.36. The van der Waals surface area contributed by atoms with Gasteiger partial charge in [-0.15, -0.1) is 0 Å². The lowest BCUT2D eigenvalue weighted by Crippen LogP contribution is -2.47. The van der Waals surface area contributed by atoms with E-state index < -0.39 is 0 Å². The summed E-state index contributed by atoms with van der Waals surface area (Å²) < 4.78 is 4.63. The summed E-state index contributed by atoms with van der Waals surface area (Å²) in [5.74, 6) is -0.177. The number of carbonyl (C=O) groups is 2. The molecule has 0 aromatic heterocycles. The van der Waals surface area contributed by atoms with E-state index in [0.717, 1.165) is 19.4 Å². The van der Waals surface area contributed by atoms with Gasteiger partial charge in [0.25, 0.3) is 0 Å². The number of hydrogen-bond donors (Lipinski definition) is 0. The maximum Gasteiger partial charge on any atom is 0.319 e. The van der Waals surface area contributed by atoms with E-state index in [4.69, 9.17) is 0 Å². The largest absolute Gasteiger partial charge is 0.468 e. The standard InChI is InChI=1S/C13H24N2O3/c1-4-14(10-13(17)18-3)9-12(16)15-8-6-5-7-11(15)2/h11H,4-10H2,1-3H3. The second kappa shape index (κ2) is 7.36. The highest BCUT2D eigenvalue weighted by molar-refractivity contribution is 5.79. The van der Waals surface area contributed by atoms with Crippen LogP contribution in [-0.4, -0.2) is 61.0 Å². The van der Waals surface area contributed by atoms with E-state index in [-0.39, 0.29) is 18.4 Å². The van der Waals surface area contributed by atoms with Gasteiger partial charge in [0.2, 0.25) is 5.91 Å². The van der Waals surface area contributed by atoms with Crippen molar-refractivity contribution in [2.24, 2.45) is 0 Å². The summed E-state index contributed by atoms with van der Waals surface area (Å²) in [6.45, 7) is 6.03. The molecule has 1 aliphatic heterocycles. The SMILES string of the molecule is CCN(CC(=O)OC)CC(=O)N1CCCCC1C. The first-order valence-corrected chi connectivity index (χ1v) is 6.67. The molecule has 0 radical (unpaired) electrons. The van der Waals surface area contributed by atoms with Crippen LogP contribution in [0.1, 0.15) is 33.1 Å². The molecule has 1 amide bonds. The minimum Gasteiger partial charge on any atom is -0.468 e. The van der Waals surface area contributed by atoms with Crippen LogP contribution in [-0.2, 0) is 14.3 Å². The molecule has 0 saturated carbocycles. The fourth-order valence-electron chi connectivity index (χ4n) is 2.28. The van der Waals surface area contributed by atoms with Crippen LogP contribution in [0.4, 0.5) is 0 Å². The lowest BCUT2D eigenvalue weighted by atomic mass is 10.0. The molecule has 104 valence electrons. The van der Waals surface area contributed by atoms with Crippen molar-refractivity contribution in [1.82, 2.24) is 9.80 Å². The van der Waals surface area contributed by atoms with Crippen LogP contribution in [0.5, 0.6) is 0 Å². The van der Waals surface area contributed by atoms with Crippen LogP contribution >= 0.6 is 0 Å². The predicted octanol–water partition coefficient (Wildman–Crippen LogP) is 0.882. The van der Waals surface area contributed by atoms with E-state index in [0.29, 0.717) is 19.1 Å². The summed E-state index contributed by atoms with van der Waals surface area (Å²) in [4.78, 5) is 27.1. The van der Waals surface area contributed by atoms with Crippen molar-refractivity contribution in [2.45, 2.75) is 39.2 Å². The van der Waals surface area contributed by atoms with Crippen molar-refractivity contribution in [3.8, 4) is 0 Å². The molecule has 0 aliphatic carbocycles. The Kier molecular flexibility index (Phi) is 6.12. The molecule has 18 heavy (non-hydrogen) atoms. The molecule has 5 nitrogen and oxygen atoms in total. The van der Waals surface area contributed by atoms with Crippen LogP contribution in [0.3, 0.4) is 0 Å². The van der Waals surface area contributed by atoms with Gasteiger partial charge in [0.15, 0.2) is 0 Å². The Labute approximate surface area is 109 Å². The predicted molar refractivity (Wildman–Crippen MR) is 69.2 cm³/mol. The summed E-state index contributed by atoms with van der Waals surface area (Å²) in [5, 5.41) is 0. The van der Waals surface area contributed by atoms with Crippen molar-refractivity contribution < 1.29 is 14.3 Å². The number of amides is 1. The van der Waals surface area contributed by atoms with E-state index in [1.165, 1.54) is 13.5 Å². The van der Waals surface area contributed by atoms with Gasteiger partial charge >= 0.3 is 5.97 Å². The number of rotatable bonds is 5. The van der Waals surface area contributed by atoms with Gasteiger partial charge in [0.1, 0.15) is 0 Å². The average molecular weight is 256 g/mol. The number of nitrogens with zero attached hydrogens (tertiary/aromatic N) is 2. The van der Waals surface area contributed by atoms with Crippen molar-refractivity contribution >= 4 is 11.9 Å². The van der Waals surface area contributed by atoms with E-state index in [1.807, 2.05) is 16.7 Å². The summed E-state index contributed by atoms with van der Waals surface area (Å²) in [5.41, 5.74) is 0. The first-order chi connectivity index (χ1) is 8.58. The minimum absolute atomic E-state index is 0.118. The number of ether oxygens (including phenoxy) is 1. The second-order valence-corrected chi connectivity index (χ2v) is 4.81. The van der Waals surface area contributed by atoms with Crippen LogP contribution < -0.4 is 0 Å². The third kappa shape index (κ3) is 4.29. The van der Waals surface area contributed by atoms with Gasteiger partial charge in [0.05, 0.1) is 20.2 Å². The van der Waals surface area contributed by atoms with Gasteiger partial charge < -0.3 is 9.64 Å². The van der Waals surface area contributed by atoms with Crippen LogP contribution in [0.15, 0.2) is 0 Å². The van der Waals surface area contributed by atoms with Crippen LogP contribution in [0.25, 0.3) is 0 Å². The van der Waals surface area contributed by atoms with Crippen LogP contribution in [0.2, 0.25) is 0 Å². The lowest BCUT2D eigenvalue weighted by molar-refractivity contribution is -0.143. The molecule has 0 aromatic rings. The van der Waals surface area contributed by atoms with Crippen molar-refractivity contribution in [2.75, 3.05) is 33.3 Å². The molecule has 5 heteroatoms. The molecule has 1 aliphatic rings. The van der Waals surface area contributed by atoms with E-state index in [9.17, 15) is 9.59 Å². The number of piperidine rings is 1. The molecule has 0 N–H and O–H groups in total. The highest BCUT2D eigenvalue weighted by Gasteiger charge is 2.24. The molecular formula is C13H24N2O3. The maximum atomic E-state index is 12.2. The number of carbonyl (C=O) groups excluding carboxylic acids is 2. The molecule has 1 fully saturated rings. The Balaban J connectivity index is 2.47. The monoisotopic (exact) mass is 256 g/mol. The van der Waals surface area contributed by atoms with E-state index >= 15 is 0 Å². The van der Waals surface area contributed by atoms with E-state index in [1.54, 1.807) is 0 Å². The first kappa shape index (κ1) is 15.0. The fourth-order valence-corrected chi connectivity index (χ4v) is 2.28. The number of hydrogen-bond acceptors (Lipinski definition) is 4. The highest BCUT2D eigenvalue weighted by Crippen LogP contribution is 2.16. The van der Waals surface area contributed by atoms with Crippen molar-refractivity contribution in [3.05, 3.63) is 0 Å². The Morgan fingerprint density at radius 2 is 2.06 bits per heavy atom. The molecule has 1 unspecified atom stereocenters. The Morgan fingerprint density at radius 1 is 1.33 bits per heavy atom. The van der Waals surface area contributed by atoms with Gasteiger partial charge in [0, 0.05) is 12.6 Å². The summed E-state index contributed by atoms with van der Waals surface area (Å²) in [7, 11) is 1.37. The molecule has 0 spiro atoms. The quantitative estimate of drug-likeness (QED) is 0.685. The number of likely N-dealkylation sites (tertiary alicyclic amines) is 1. The van der Waals surface area contributed by atoms with Crippen molar-refractivity contribution in [3.63, 3.8) is 0 Å². The fraction of sp³-hybridized carbons (Fsp3) is 0.846. The van der Waals surface area contributed by atoms with Gasteiger partial charge in [-0.1, -0.05) is 6.92 Å². The molecule has 1 atom stereocenters. The number of esters is 1. The number of likely N-dealkylation sites (N-methyl/N-ethyl adjacent to an activating group) is 1.